The van der Waals surface area contributed by atoms with Gasteiger partial charge in [-0.25, -0.2) is 4.79 Å². The maximum atomic E-state index is 12.1. The molecule has 0 bridgehead atoms. The highest BCUT2D eigenvalue weighted by Gasteiger charge is 2.14. The van der Waals surface area contributed by atoms with Gasteiger partial charge in [0.05, 0.1) is 34.1 Å². The van der Waals surface area contributed by atoms with Gasteiger partial charge in [-0.05, 0) is 17.7 Å². The molecule has 2 aromatic carbocycles. The summed E-state index contributed by atoms with van der Waals surface area (Å²) in [6, 6.07) is 10.4. The highest BCUT2D eigenvalue weighted by molar-refractivity contribution is 5.90. The highest BCUT2D eigenvalue weighted by Crippen LogP contribution is 2.39. The monoisotopic (exact) mass is 346 g/mol. The van der Waals surface area contributed by atoms with Gasteiger partial charge in [0.2, 0.25) is 5.75 Å². The zero-order valence-electron chi connectivity index (χ0n) is 14.7. The number of rotatable bonds is 7. The molecule has 7 nitrogen and oxygen atoms in total. The number of hydrogen-bond donors (Lipinski definition) is 2. The summed E-state index contributed by atoms with van der Waals surface area (Å²) in [5, 5.41) is 5.53. The Hall–Kier alpha value is -3.09. The maximum Gasteiger partial charge on any atom is 0.319 e. The average molecular weight is 346 g/mol. The van der Waals surface area contributed by atoms with E-state index in [0.717, 1.165) is 11.3 Å². The number of benzene rings is 2. The molecule has 0 saturated carbocycles. The summed E-state index contributed by atoms with van der Waals surface area (Å²) in [4.78, 5) is 12.1. The van der Waals surface area contributed by atoms with Crippen LogP contribution in [-0.2, 0) is 6.54 Å². The lowest BCUT2D eigenvalue weighted by Gasteiger charge is -2.15. The van der Waals surface area contributed by atoms with Crippen LogP contribution in [0.15, 0.2) is 36.4 Å². The normalized spacial score (nSPS) is 9.92. The Kier molecular flexibility index (Phi) is 6.33. The third-order valence-corrected chi connectivity index (χ3v) is 3.53. The van der Waals surface area contributed by atoms with Crippen LogP contribution in [0.1, 0.15) is 5.56 Å². The van der Waals surface area contributed by atoms with Crippen molar-refractivity contribution in [2.75, 3.05) is 33.8 Å². The Morgan fingerprint density at radius 1 is 0.880 bits per heavy atom. The van der Waals surface area contributed by atoms with E-state index in [1.807, 2.05) is 24.3 Å². The molecule has 0 aromatic heterocycles. The van der Waals surface area contributed by atoms with Crippen LogP contribution in [0.25, 0.3) is 0 Å². The van der Waals surface area contributed by atoms with Gasteiger partial charge in [0.15, 0.2) is 11.5 Å². The number of hydrogen-bond acceptors (Lipinski definition) is 5. The zero-order valence-corrected chi connectivity index (χ0v) is 14.7. The van der Waals surface area contributed by atoms with Gasteiger partial charge < -0.3 is 29.6 Å². The van der Waals surface area contributed by atoms with Crippen LogP contribution in [0.2, 0.25) is 0 Å². The molecule has 0 aliphatic heterocycles. The first-order chi connectivity index (χ1) is 12.1. The van der Waals surface area contributed by atoms with Crippen LogP contribution in [-0.4, -0.2) is 34.5 Å². The molecule has 2 aromatic rings. The molecule has 0 fully saturated rings. The molecular formula is C18H22N2O5. The van der Waals surface area contributed by atoms with Crippen molar-refractivity contribution in [3.8, 4) is 23.0 Å². The molecule has 134 valence electrons. The van der Waals surface area contributed by atoms with E-state index in [1.54, 1.807) is 19.2 Å². The topological polar surface area (TPSA) is 78.1 Å². The third-order valence-electron chi connectivity index (χ3n) is 3.53. The van der Waals surface area contributed by atoms with Crippen LogP contribution in [0, 0.1) is 0 Å². The van der Waals surface area contributed by atoms with Crippen molar-refractivity contribution in [2.45, 2.75) is 6.54 Å². The SMILES string of the molecule is COc1ccc(CNC(=O)Nc2cc(OC)c(OC)c(OC)c2)cc1. The van der Waals surface area contributed by atoms with Gasteiger partial charge in [0.1, 0.15) is 5.75 Å². The van der Waals surface area contributed by atoms with Gasteiger partial charge in [-0.3, -0.25) is 0 Å². The van der Waals surface area contributed by atoms with E-state index in [4.69, 9.17) is 18.9 Å². The maximum absolute atomic E-state index is 12.1. The lowest BCUT2D eigenvalue weighted by Crippen LogP contribution is -2.28. The van der Waals surface area contributed by atoms with Crippen molar-refractivity contribution < 1.29 is 23.7 Å². The summed E-state index contributed by atoms with van der Waals surface area (Å²) in [5.41, 5.74) is 1.49. The largest absolute Gasteiger partial charge is 0.497 e. The summed E-state index contributed by atoms with van der Waals surface area (Å²) in [7, 11) is 6.17. The van der Waals surface area contributed by atoms with Gasteiger partial charge in [-0.1, -0.05) is 12.1 Å². The fraction of sp³-hybridized carbons (Fsp3) is 0.278. The van der Waals surface area contributed by atoms with Gasteiger partial charge in [0, 0.05) is 18.7 Å². The minimum absolute atomic E-state index is 0.343. The number of urea groups is 1. The van der Waals surface area contributed by atoms with Crippen LogP contribution in [0.4, 0.5) is 10.5 Å². The summed E-state index contributed by atoms with van der Waals surface area (Å²) >= 11 is 0. The molecule has 7 heteroatoms. The van der Waals surface area contributed by atoms with Crippen molar-refractivity contribution in [1.82, 2.24) is 5.32 Å². The van der Waals surface area contributed by atoms with E-state index >= 15 is 0 Å². The van der Waals surface area contributed by atoms with Crippen molar-refractivity contribution in [1.29, 1.82) is 0 Å². The number of ether oxygens (including phenoxy) is 4. The molecule has 0 spiro atoms. The molecule has 0 aliphatic rings. The Morgan fingerprint density at radius 3 is 1.96 bits per heavy atom. The molecule has 0 heterocycles. The van der Waals surface area contributed by atoms with Crippen LogP contribution < -0.4 is 29.6 Å². The summed E-state index contributed by atoms with van der Waals surface area (Å²) < 4.78 is 20.9. The molecule has 0 saturated heterocycles. The van der Waals surface area contributed by atoms with Crippen LogP contribution >= 0.6 is 0 Å². The van der Waals surface area contributed by atoms with E-state index in [0.29, 0.717) is 29.5 Å². The van der Waals surface area contributed by atoms with E-state index in [2.05, 4.69) is 10.6 Å². The van der Waals surface area contributed by atoms with E-state index in [9.17, 15) is 4.79 Å². The first-order valence-electron chi connectivity index (χ1n) is 7.59. The standard InChI is InChI=1S/C18H22N2O5/c1-22-14-7-5-12(6-8-14)11-19-18(21)20-13-9-15(23-2)17(25-4)16(10-13)24-3/h5-10H,11H2,1-4H3,(H2,19,20,21). The molecule has 2 rings (SSSR count). The molecule has 0 aliphatic carbocycles. The van der Waals surface area contributed by atoms with Gasteiger partial charge in [0.25, 0.3) is 0 Å². The summed E-state index contributed by atoms with van der Waals surface area (Å²) in [6.45, 7) is 0.389. The van der Waals surface area contributed by atoms with E-state index in [-0.39, 0.29) is 6.03 Å². The van der Waals surface area contributed by atoms with Gasteiger partial charge in [-0.15, -0.1) is 0 Å². The molecule has 25 heavy (non-hydrogen) atoms. The minimum Gasteiger partial charge on any atom is -0.497 e. The van der Waals surface area contributed by atoms with Crippen LogP contribution in [0.3, 0.4) is 0 Å². The Bertz CT molecular complexity index is 691. The average Bonchev–Trinajstić information content (AvgIpc) is 2.65. The van der Waals surface area contributed by atoms with E-state index in [1.165, 1.54) is 21.3 Å². The van der Waals surface area contributed by atoms with Crippen molar-refractivity contribution in [3.05, 3.63) is 42.0 Å². The van der Waals surface area contributed by atoms with Gasteiger partial charge >= 0.3 is 6.03 Å². The Balaban J connectivity index is 2.01. The number of carbonyl (C=O) groups is 1. The first-order valence-corrected chi connectivity index (χ1v) is 7.59. The zero-order chi connectivity index (χ0) is 18.2. The Labute approximate surface area is 146 Å². The smallest absolute Gasteiger partial charge is 0.319 e. The van der Waals surface area contributed by atoms with Crippen molar-refractivity contribution in [3.63, 3.8) is 0 Å². The number of anilines is 1. The molecular weight excluding hydrogens is 324 g/mol. The van der Waals surface area contributed by atoms with Crippen molar-refractivity contribution in [2.24, 2.45) is 0 Å². The number of amides is 2. The molecule has 0 radical (unpaired) electrons. The molecule has 2 amide bonds. The highest BCUT2D eigenvalue weighted by atomic mass is 16.5. The minimum atomic E-state index is -0.343. The van der Waals surface area contributed by atoms with Crippen LogP contribution in [0.5, 0.6) is 23.0 Å². The lowest BCUT2D eigenvalue weighted by molar-refractivity contribution is 0.251. The van der Waals surface area contributed by atoms with Crippen molar-refractivity contribution >= 4 is 11.7 Å². The number of carbonyl (C=O) groups excluding carboxylic acids is 1. The fourth-order valence-electron chi connectivity index (χ4n) is 2.25. The van der Waals surface area contributed by atoms with E-state index < -0.39 is 0 Å². The summed E-state index contributed by atoms with van der Waals surface area (Å²) in [6.07, 6.45) is 0. The Morgan fingerprint density at radius 2 is 1.48 bits per heavy atom. The second-order valence-corrected chi connectivity index (χ2v) is 5.07. The lowest BCUT2D eigenvalue weighted by atomic mass is 10.2. The quantitative estimate of drug-likeness (QED) is 0.806. The number of nitrogens with one attached hydrogen (secondary N) is 2. The second-order valence-electron chi connectivity index (χ2n) is 5.07. The fourth-order valence-corrected chi connectivity index (χ4v) is 2.25. The molecule has 2 N–H and O–H groups in total. The predicted molar refractivity (Wildman–Crippen MR) is 95.0 cm³/mol. The predicted octanol–water partition coefficient (Wildman–Crippen LogP) is 3.04. The third kappa shape index (κ3) is 4.69. The van der Waals surface area contributed by atoms with Gasteiger partial charge in [-0.2, -0.15) is 0 Å². The molecule has 0 unspecified atom stereocenters. The number of methoxy groups -OCH3 is 4. The second kappa shape index (κ2) is 8.68. The molecule has 0 atom stereocenters. The summed E-state index contributed by atoms with van der Waals surface area (Å²) in [5.74, 6) is 2.17. The first kappa shape index (κ1) is 18.3.